The normalized spacial score (nSPS) is 16.2. The molecule has 0 aliphatic carbocycles. The number of aromatic nitrogens is 2. The standard InChI is InChI=1S/C16H16F3N3O3S/c1-9(22(24-2)14(23)12-7-26-8-12)10-3-5-11(6-4-10)13-20-15(25-21-13)16(17,18)19/h3-6,9,12H,7-8H2,1-2H3. The van der Waals surface area contributed by atoms with E-state index in [2.05, 4.69) is 14.7 Å². The Kier molecular flexibility index (Phi) is 5.24. The number of hydroxylamine groups is 2. The van der Waals surface area contributed by atoms with Gasteiger partial charge < -0.3 is 4.52 Å². The number of carbonyl (C=O) groups excluding carboxylic acids is 1. The van der Waals surface area contributed by atoms with Crippen LogP contribution in [0.2, 0.25) is 0 Å². The van der Waals surface area contributed by atoms with Gasteiger partial charge in [-0.15, -0.1) is 0 Å². The van der Waals surface area contributed by atoms with Gasteiger partial charge in [-0.05, 0) is 12.5 Å². The van der Waals surface area contributed by atoms with Crippen LogP contribution >= 0.6 is 11.8 Å². The van der Waals surface area contributed by atoms with E-state index in [0.29, 0.717) is 5.56 Å². The van der Waals surface area contributed by atoms with E-state index in [1.165, 1.54) is 12.2 Å². The molecule has 0 saturated carbocycles. The van der Waals surface area contributed by atoms with Crippen LogP contribution in [0.4, 0.5) is 13.2 Å². The number of hydrogen-bond acceptors (Lipinski definition) is 6. The molecular formula is C16H16F3N3O3S. The minimum Gasteiger partial charge on any atom is -0.329 e. The van der Waals surface area contributed by atoms with Gasteiger partial charge in [0.2, 0.25) is 5.82 Å². The Hall–Kier alpha value is -2.07. The maximum atomic E-state index is 12.5. The number of hydrogen-bond donors (Lipinski definition) is 0. The van der Waals surface area contributed by atoms with E-state index in [0.717, 1.165) is 17.1 Å². The summed E-state index contributed by atoms with van der Waals surface area (Å²) in [6, 6.07) is 6.20. The second-order valence-electron chi connectivity index (χ2n) is 5.80. The molecule has 1 fully saturated rings. The molecule has 10 heteroatoms. The van der Waals surface area contributed by atoms with Gasteiger partial charge in [-0.1, -0.05) is 29.4 Å². The number of thioether (sulfide) groups is 1. The lowest BCUT2D eigenvalue weighted by Gasteiger charge is -2.33. The zero-order chi connectivity index (χ0) is 18.9. The molecule has 0 radical (unpaired) electrons. The lowest BCUT2D eigenvalue weighted by molar-refractivity contribution is -0.191. The topological polar surface area (TPSA) is 68.5 Å². The fourth-order valence-corrected chi connectivity index (χ4v) is 3.26. The average Bonchev–Trinajstić information content (AvgIpc) is 3.04. The SMILES string of the molecule is CON(C(=O)C1CSC1)C(C)c1ccc(-c2noc(C(F)(F)F)n2)cc1. The van der Waals surface area contributed by atoms with Gasteiger partial charge in [0.1, 0.15) is 0 Å². The van der Waals surface area contributed by atoms with Gasteiger partial charge in [-0.25, -0.2) is 5.06 Å². The zero-order valence-electron chi connectivity index (χ0n) is 14.0. The first-order valence-electron chi connectivity index (χ1n) is 7.77. The summed E-state index contributed by atoms with van der Waals surface area (Å²) in [7, 11) is 1.44. The first kappa shape index (κ1) is 18.7. The minimum absolute atomic E-state index is 0.0400. The third-order valence-corrected chi connectivity index (χ3v) is 5.35. The minimum atomic E-state index is -4.68. The predicted octanol–water partition coefficient (Wildman–Crippen LogP) is 3.57. The van der Waals surface area contributed by atoms with Gasteiger partial charge in [0.15, 0.2) is 0 Å². The smallest absolute Gasteiger partial charge is 0.329 e. The number of nitrogens with zero attached hydrogens (tertiary/aromatic N) is 3. The molecule has 26 heavy (non-hydrogen) atoms. The second-order valence-corrected chi connectivity index (χ2v) is 6.87. The fraction of sp³-hybridized carbons (Fsp3) is 0.438. The first-order chi connectivity index (χ1) is 12.3. The van der Waals surface area contributed by atoms with E-state index in [9.17, 15) is 18.0 Å². The molecule has 1 aromatic heterocycles. The maximum absolute atomic E-state index is 12.5. The molecule has 0 spiro atoms. The molecule has 2 heterocycles. The molecular weight excluding hydrogens is 371 g/mol. The van der Waals surface area contributed by atoms with Crippen molar-refractivity contribution < 1.29 is 27.3 Å². The highest BCUT2D eigenvalue weighted by molar-refractivity contribution is 8.00. The summed E-state index contributed by atoms with van der Waals surface area (Å²) in [6.45, 7) is 1.82. The molecule has 2 aromatic rings. The van der Waals surface area contributed by atoms with E-state index in [4.69, 9.17) is 4.84 Å². The van der Waals surface area contributed by atoms with E-state index in [1.54, 1.807) is 36.0 Å². The van der Waals surface area contributed by atoms with Gasteiger partial charge in [-0.2, -0.15) is 29.9 Å². The van der Waals surface area contributed by atoms with Crippen LogP contribution in [-0.2, 0) is 15.8 Å². The molecule has 3 rings (SSSR count). The number of carbonyl (C=O) groups is 1. The van der Waals surface area contributed by atoms with Crippen molar-refractivity contribution in [3.8, 4) is 11.4 Å². The van der Waals surface area contributed by atoms with Crippen LogP contribution in [0.25, 0.3) is 11.4 Å². The number of amides is 1. The Balaban J connectivity index is 1.75. The summed E-state index contributed by atoms with van der Waals surface area (Å²) in [5.74, 6) is -0.0901. The van der Waals surface area contributed by atoms with Gasteiger partial charge in [-0.3, -0.25) is 9.63 Å². The Bertz CT molecular complexity index is 775. The third-order valence-electron chi connectivity index (χ3n) is 4.07. The quantitative estimate of drug-likeness (QED) is 0.731. The van der Waals surface area contributed by atoms with Gasteiger partial charge in [0, 0.05) is 17.1 Å². The highest BCUT2D eigenvalue weighted by Gasteiger charge is 2.38. The predicted molar refractivity (Wildman–Crippen MR) is 87.8 cm³/mol. The molecule has 1 saturated heterocycles. The van der Waals surface area contributed by atoms with Crippen molar-refractivity contribution in [2.24, 2.45) is 5.92 Å². The van der Waals surface area contributed by atoms with E-state index < -0.39 is 12.1 Å². The van der Waals surface area contributed by atoms with Crippen molar-refractivity contribution in [1.82, 2.24) is 15.2 Å². The van der Waals surface area contributed by atoms with Crippen LogP contribution in [0.3, 0.4) is 0 Å². The molecule has 6 nitrogen and oxygen atoms in total. The number of benzene rings is 1. The molecule has 1 amide bonds. The highest BCUT2D eigenvalue weighted by atomic mass is 32.2. The molecule has 1 aromatic carbocycles. The fourth-order valence-electron chi connectivity index (χ4n) is 2.50. The second kappa shape index (κ2) is 7.28. The Morgan fingerprint density at radius 2 is 2.00 bits per heavy atom. The average molecular weight is 387 g/mol. The molecule has 0 N–H and O–H groups in total. The number of alkyl halides is 3. The number of rotatable bonds is 5. The lowest BCUT2D eigenvalue weighted by Crippen LogP contribution is -2.42. The summed E-state index contributed by atoms with van der Waals surface area (Å²) in [4.78, 5) is 21.0. The highest BCUT2D eigenvalue weighted by Crippen LogP contribution is 2.32. The van der Waals surface area contributed by atoms with Crippen molar-refractivity contribution in [1.29, 1.82) is 0 Å². The lowest BCUT2D eigenvalue weighted by atomic mass is 10.0. The van der Waals surface area contributed by atoms with Crippen molar-refractivity contribution in [3.63, 3.8) is 0 Å². The van der Waals surface area contributed by atoms with Gasteiger partial charge in [0.05, 0.1) is 19.1 Å². The molecule has 1 atom stereocenters. The Morgan fingerprint density at radius 3 is 2.46 bits per heavy atom. The molecule has 1 aliphatic rings. The molecule has 1 aliphatic heterocycles. The Labute approximate surface area is 151 Å². The maximum Gasteiger partial charge on any atom is 0.471 e. The van der Waals surface area contributed by atoms with Crippen molar-refractivity contribution in [2.75, 3.05) is 18.6 Å². The first-order valence-corrected chi connectivity index (χ1v) is 8.93. The summed E-state index contributed by atoms with van der Waals surface area (Å²) >= 11 is 1.71. The van der Waals surface area contributed by atoms with Gasteiger partial charge >= 0.3 is 12.1 Å². The molecule has 1 unspecified atom stereocenters. The van der Waals surface area contributed by atoms with Crippen molar-refractivity contribution in [3.05, 3.63) is 35.7 Å². The van der Waals surface area contributed by atoms with Crippen LogP contribution in [-0.4, -0.2) is 39.7 Å². The summed E-state index contributed by atoms with van der Waals surface area (Å²) in [6.07, 6.45) is -4.68. The van der Waals surface area contributed by atoms with Crippen LogP contribution in [0.1, 0.15) is 24.4 Å². The van der Waals surface area contributed by atoms with Crippen LogP contribution in [0.15, 0.2) is 28.8 Å². The molecule has 140 valence electrons. The van der Waals surface area contributed by atoms with E-state index >= 15 is 0 Å². The van der Waals surface area contributed by atoms with E-state index in [-0.39, 0.29) is 23.7 Å². The third kappa shape index (κ3) is 3.70. The van der Waals surface area contributed by atoms with Gasteiger partial charge in [0.25, 0.3) is 5.91 Å². The summed E-state index contributed by atoms with van der Waals surface area (Å²) < 4.78 is 41.9. The zero-order valence-corrected chi connectivity index (χ0v) is 14.8. The monoisotopic (exact) mass is 387 g/mol. The Morgan fingerprint density at radius 1 is 1.35 bits per heavy atom. The largest absolute Gasteiger partial charge is 0.471 e. The van der Waals surface area contributed by atoms with Crippen molar-refractivity contribution in [2.45, 2.75) is 19.1 Å². The van der Waals surface area contributed by atoms with Crippen LogP contribution < -0.4 is 0 Å². The molecule has 0 bridgehead atoms. The summed E-state index contributed by atoms with van der Waals surface area (Å²) in [5, 5.41) is 4.68. The van der Waals surface area contributed by atoms with Crippen LogP contribution in [0, 0.1) is 5.92 Å². The van der Waals surface area contributed by atoms with Crippen molar-refractivity contribution >= 4 is 17.7 Å². The number of halogens is 3. The van der Waals surface area contributed by atoms with E-state index in [1.807, 2.05) is 6.92 Å². The summed E-state index contributed by atoms with van der Waals surface area (Å²) in [5.41, 5.74) is 1.15. The van der Waals surface area contributed by atoms with Crippen LogP contribution in [0.5, 0.6) is 0 Å².